The Hall–Kier alpha value is -4.35. The summed E-state index contributed by atoms with van der Waals surface area (Å²) >= 11 is 5.98. The molecule has 4 rings (SSSR count). The van der Waals surface area contributed by atoms with E-state index in [1.54, 1.807) is 60.7 Å². The fraction of sp³-hybridized carbons (Fsp3) is 0.200. The first-order chi connectivity index (χ1) is 17.9. The zero-order valence-corrected chi connectivity index (χ0v) is 20.3. The minimum atomic E-state index is -0.861. The number of hydrogen-bond donors (Lipinski definition) is 2. The average molecular weight is 523 g/mol. The van der Waals surface area contributed by atoms with Gasteiger partial charge in [0.05, 0.1) is 13.1 Å². The van der Waals surface area contributed by atoms with E-state index in [0.29, 0.717) is 22.3 Å². The van der Waals surface area contributed by atoms with Gasteiger partial charge in [-0.1, -0.05) is 23.7 Å². The number of Topliss-reactive ketones (excluding diaryl/α,β-unsaturated/α-hetero) is 1. The van der Waals surface area contributed by atoms with Crippen molar-refractivity contribution < 1.29 is 14.6 Å². The minimum Gasteiger partial charge on any atom is -0.438 e. The van der Waals surface area contributed by atoms with E-state index in [9.17, 15) is 14.4 Å². The maximum absolute atomic E-state index is 13.3. The fourth-order valence-corrected chi connectivity index (χ4v) is 3.53. The monoisotopic (exact) mass is 522 g/mol. The number of benzene rings is 2. The summed E-state index contributed by atoms with van der Waals surface area (Å²) in [5.74, 6) is 0.493. The lowest BCUT2D eigenvalue weighted by molar-refractivity contribution is -0.120. The van der Waals surface area contributed by atoms with Crippen LogP contribution in [0.2, 0.25) is 5.02 Å². The summed E-state index contributed by atoms with van der Waals surface area (Å²) in [6.07, 6.45) is 1.83. The number of nitrogens with zero attached hydrogens (tertiary/aromatic N) is 5. The van der Waals surface area contributed by atoms with Crippen molar-refractivity contribution in [2.24, 2.45) is 0 Å². The first-order valence-electron chi connectivity index (χ1n) is 11.3. The zero-order chi connectivity index (χ0) is 26.2. The van der Waals surface area contributed by atoms with E-state index in [4.69, 9.17) is 21.4 Å². The van der Waals surface area contributed by atoms with E-state index < -0.39 is 17.9 Å². The minimum absolute atomic E-state index is 0.00611. The number of rotatable bonds is 11. The van der Waals surface area contributed by atoms with Crippen molar-refractivity contribution in [2.75, 3.05) is 11.9 Å². The van der Waals surface area contributed by atoms with Crippen LogP contribution in [0.4, 0.5) is 11.6 Å². The van der Waals surface area contributed by atoms with Gasteiger partial charge in [-0.15, -0.1) is 5.10 Å². The molecule has 0 spiro atoms. The third-order valence-corrected chi connectivity index (χ3v) is 5.48. The maximum Gasteiger partial charge on any atom is 0.355 e. The van der Waals surface area contributed by atoms with Crippen molar-refractivity contribution in [2.45, 2.75) is 25.9 Å². The SMILES string of the molecule is O=C(CCCO)Cn1c(=O)nc(Nc2ccc(Oc3cccnn3)cc2)n(Cc2ccc(Cl)cc2)c1=O. The van der Waals surface area contributed by atoms with Crippen molar-refractivity contribution in [3.8, 4) is 11.6 Å². The Bertz CT molecular complexity index is 1470. The van der Waals surface area contributed by atoms with Crippen LogP contribution >= 0.6 is 11.6 Å². The first kappa shape index (κ1) is 25.7. The number of ether oxygens (including phenoxy) is 1. The molecular weight excluding hydrogens is 500 g/mol. The molecule has 0 aliphatic carbocycles. The molecule has 0 fully saturated rings. The summed E-state index contributed by atoms with van der Waals surface area (Å²) in [6.45, 7) is -0.518. The Kier molecular flexibility index (Phi) is 8.39. The third kappa shape index (κ3) is 6.87. The number of anilines is 2. The van der Waals surface area contributed by atoms with Crippen LogP contribution in [0, 0.1) is 0 Å². The van der Waals surface area contributed by atoms with E-state index in [1.165, 1.54) is 10.8 Å². The molecule has 4 aromatic rings. The quantitative estimate of drug-likeness (QED) is 0.304. The van der Waals surface area contributed by atoms with Gasteiger partial charge >= 0.3 is 11.4 Å². The summed E-state index contributed by atoms with van der Waals surface area (Å²) in [6, 6.07) is 17.0. The van der Waals surface area contributed by atoms with Crippen LogP contribution in [0.1, 0.15) is 18.4 Å². The number of aliphatic hydroxyl groups excluding tert-OH is 1. The molecule has 2 heterocycles. The van der Waals surface area contributed by atoms with E-state index >= 15 is 0 Å². The molecule has 0 radical (unpaired) electrons. The van der Waals surface area contributed by atoms with Crippen molar-refractivity contribution in [3.63, 3.8) is 0 Å². The summed E-state index contributed by atoms with van der Waals surface area (Å²) < 4.78 is 7.69. The van der Waals surface area contributed by atoms with Crippen LogP contribution in [0.5, 0.6) is 11.6 Å². The van der Waals surface area contributed by atoms with Gasteiger partial charge in [-0.05, 0) is 54.4 Å². The molecule has 0 saturated carbocycles. The van der Waals surface area contributed by atoms with Gasteiger partial charge in [-0.3, -0.25) is 9.36 Å². The highest BCUT2D eigenvalue weighted by Crippen LogP contribution is 2.22. The number of aromatic nitrogens is 5. The second-order valence-corrected chi connectivity index (χ2v) is 8.41. The number of nitrogens with one attached hydrogen (secondary N) is 1. The van der Waals surface area contributed by atoms with Crippen molar-refractivity contribution in [3.05, 3.63) is 98.4 Å². The molecule has 2 N–H and O–H groups in total. The summed E-state index contributed by atoms with van der Waals surface area (Å²) in [7, 11) is 0. The Morgan fingerprint density at radius 3 is 2.46 bits per heavy atom. The van der Waals surface area contributed by atoms with Crippen LogP contribution < -0.4 is 21.4 Å². The van der Waals surface area contributed by atoms with E-state index in [1.807, 2.05) is 0 Å². The highest BCUT2D eigenvalue weighted by molar-refractivity contribution is 6.30. The Morgan fingerprint density at radius 2 is 1.78 bits per heavy atom. The second kappa shape index (κ2) is 12.1. The zero-order valence-electron chi connectivity index (χ0n) is 19.6. The van der Waals surface area contributed by atoms with Crippen LogP contribution in [0.25, 0.3) is 0 Å². The molecule has 0 amide bonds. The van der Waals surface area contributed by atoms with Gasteiger partial charge < -0.3 is 15.2 Å². The molecule has 0 aliphatic rings. The van der Waals surface area contributed by atoms with Gasteiger partial charge in [-0.25, -0.2) is 14.2 Å². The molecule has 2 aromatic heterocycles. The summed E-state index contributed by atoms with van der Waals surface area (Å²) in [5.41, 5.74) is -0.280. The van der Waals surface area contributed by atoms with Gasteiger partial charge in [0.15, 0.2) is 5.78 Å². The lowest BCUT2D eigenvalue weighted by Crippen LogP contribution is -2.44. The standard InChI is InChI=1S/C25H23ClN6O5/c26-18-7-5-17(6-8-18)15-31-23(29-24(35)32(25(31)36)16-20(34)3-2-14-33)28-19-9-11-21(12-10-19)37-22-4-1-13-27-30-22/h1,4-13,33H,2-3,14-16H2,(H,28,29,35). The molecule has 12 heteroatoms. The van der Waals surface area contributed by atoms with E-state index in [-0.39, 0.29) is 37.7 Å². The third-order valence-electron chi connectivity index (χ3n) is 5.23. The predicted octanol–water partition coefficient (Wildman–Crippen LogP) is 2.77. The van der Waals surface area contributed by atoms with Gasteiger partial charge in [0.1, 0.15) is 5.75 Å². The number of carbonyl (C=O) groups is 1. The predicted molar refractivity (Wildman–Crippen MR) is 136 cm³/mol. The number of carbonyl (C=O) groups excluding carboxylic acids is 1. The number of aliphatic hydroxyl groups is 1. The van der Waals surface area contributed by atoms with Crippen molar-refractivity contribution in [1.29, 1.82) is 0 Å². The number of halogens is 1. The van der Waals surface area contributed by atoms with Crippen LogP contribution in [0.3, 0.4) is 0 Å². The normalized spacial score (nSPS) is 10.8. The molecule has 0 unspecified atom stereocenters. The fourth-order valence-electron chi connectivity index (χ4n) is 3.40. The molecule has 190 valence electrons. The number of ketones is 1. The molecule has 2 aromatic carbocycles. The molecule has 0 aliphatic heterocycles. The molecular formula is C25H23ClN6O5. The molecule has 0 atom stereocenters. The van der Waals surface area contributed by atoms with Crippen LogP contribution in [-0.2, 0) is 17.9 Å². The van der Waals surface area contributed by atoms with Crippen LogP contribution in [0.15, 0.2) is 76.4 Å². The molecule has 0 saturated heterocycles. The van der Waals surface area contributed by atoms with Gasteiger partial charge in [0, 0.05) is 36.0 Å². The lowest BCUT2D eigenvalue weighted by atomic mass is 10.2. The smallest absolute Gasteiger partial charge is 0.355 e. The summed E-state index contributed by atoms with van der Waals surface area (Å²) in [5, 5.41) is 20.1. The number of hydrogen-bond acceptors (Lipinski definition) is 9. The Morgan fingerprint density at radius 1 is 1.03 bits per heavy atom. The topological polar surface area (TPSA) is 141 Å². The molecule has 11 nitrogen and oxygen atoms in total. The average Bonchev–Trinajstić information content (AvgIpc) is 2.90. The summed E-state index contributed by atoms with van der Waals surface area (Å²) in [4.78, 5) is 42.3. The molecule has 0 bridgehead atoms. The largest absolute Gasteiger partial charge is 0.438 e. The van der Waals surface area contributed by atoms with E-state index in [0.717, 1.165) is 10.1 Å². The van der Waals surface area contributed by atoms with Gasteiger partial charge in [0.2, 0.25) is 11.8 Å². The first-order valence-corrected chi connectivity index (χ1v) is 11.7. The Balaban J connectivity index is 1.64. The van der Waals surface area contributed by atoms with Gasteiger partial charge in [-0.2, -0.15) is 10.1 Å². The Labute approximate surface area is 216 Å². The molecule has 37 heavy (non-hydrogen) atoms. The highest BCUT2D eigenvalue weighted by atomic mass is 35.5. The highest BCUT2D eigenvalue weighted by Gasteiger charge is 2.16. The maximum atomic E-state index is 13.3. The van der Waals surface area contributed by atoms with Crippen molar-refractivity contribution >= 4 is 29.0 Å². The van der Waals surface area contributed by atoms with E-state index in [2.05, 4.69) is 20.5 Å². The lowest BCUT2D eigenvalue weighted by Gasteiger charge is -2.16. The van der Waals surface area contributed by atoms with Crippen molar-refractivity contribution in [1.82, 2.24) is 24.3 Å². The van der Waals surface area contributed by atoms with Gasteiger partial charge in [0.25, 0.3) is 0 Å². The van der Waals surface area contributed by atoms with Crippen LogP contribution in [-0.4, -0.2) is 41.8 Å². The second-order valence-electron chi connectivity index (χ2n) is 7.98.